The zero-order chi connectivity index (χ0) is 23.2. The molecule has 0 aliphatic heterocycles. The summed E-state index contributed by atoms with van der Waals surface area (Å²) in [6.07, 6.45) is 0. The summed E-state index contributed by atoms with van der Waals surface area (Å²) in [6, 6.07) is 25.2. The van der Waals surface area contributed by atoms with Crippen molar-refractivity contribution in [2.24, 2.45) is 0 Å². The van der Waals surface area contributed by atoms with Gasteiger partial charge < -0.3 is 0 Å². The molecular formula is C31H36Si. The minimum atomic E-state index is -1.73. The van der Waals surface area contributed by atoms with Crippen molar-refractivity contribution in [3.63, 3.8) is 0 Å². The molecule has 0 aromatic heterocycles. The van der Waals surface area contributed by atoms with E-state index in [0.717, 1.165) is 0 Å². The molecule has 3 aromatic rings. The number of hydrogen-bond donors (Lipinski definition) is 0. The van der Waals surface area contributed by atoms with Crippen molar-refractivity contribution < 1.29 is 0 Å². The van der Waals surface area contributed by atoms with E-state index in [1.807, 2.05) is 0 Å². The fourth-order valence-electron chi connectivity index (χ4n) is 6.17. The molecule has 0 N–H and O–H groups in total. The first-order chi connectivity index (χ1) is 15.2. The smallest absolute Gasteiger partial charge is 0.0622 e. The van der Waals surface area contributed by atoms with Gasteiger partial charge in [-0.15, -0.1) is 0 Å². The van der Waals surface area contributed by atoms with E-state index in [2.05, 4.69) is 122 Å². The molecule has 0 saturated carbocycles. The van der Waals surface area contributed by atoms with Gasteiger partial charge in [0.15, 0.2) is 0 Å². The SMILES string of the molecule is CC1=C(C)C(C)([SiH](c2cc(C)cc(C)c2)c2c(C)cccc2C)C(c2ccccc2)=C1C. The van der Waals surface area contributed by atoms with Gasteiger partial charge >= 0.3 is 0 Å². The fourth-order valence-corrected chi connectivity index (χ4v) is 11.0. The van der Waals surface area contributed by atoms with Gasteiger partial charge in [-0.1, -0.05) is 112 Å². The molecule has 0 nitrogen and oxygen atoms in total. The molecule has 0 radical (unpaired) electrons. The van der Waals surface area contributed by atoms with Gasteiger partial charge in [0.25, 0.3) is 0 Å². The molecule has 2 unspecified atom stereocenters. The van der Waals surface area contributed by atoms with Crippen molar-refractivity contribution in [1.29, 1.82) is 0 Å². The van der Waals surface area contributed by atoms with Crippen LogP contribution in [-0.2, 0) is 0 Å². The lowest BCUT2D eigenvalue weighted by Gasteiger charge is -2.40. The number of allylic oxidation sites excluding steroid dienone is 4. The van der Waals surface area contributed by atoms with Crippen molar-refractivity contribution in [3.8, 4) is 0 Å². The minimum Gasteiger partial charge on any atom is -0.0622 e. The largest absolute Gasteiger partial charge is 0.118 e. The van der Waals surface area contributed by atoms with Crippen LogP contribution in [0, 0.1) is 27.7 Å². The Bertz CT molecular complexity index is 1200. The Morgan fingerprint density at radius 1 is 0.625 bits per heavy atom. The maximum atomic E-state index is 2.55. The van der Waals surface area contributed by atoms with E-state index in [9.17, 15) is 0 Å². The Morgan fingerprint density at radius 3 is 1.75 bits per heavy atom. The second kappa shape index (κ2) is 8.37. The lowest BCUT2D eigenvalue weighted by Crippen LogP contribution is -2.53. The summed E-state index contributed by atoms with van der Waals surface area (Å²) < 4.78 is 0. The molecule has 0 saturated heterocycles. The van der Waals surface area contributed by atoms with Crippen LogP contribution >= 0.6 is 0 Å². The van der Waals surface area contributed by atoms with Crippen LogP contribution in [0.3, 0.4) is 0 Å². The van der Waals surface area contributed by atoms with Crippen LogP contribution in [0.2, 0.25) is 5.04 Å². The standard InChI is InChI=1S/C31H36Si/c1-20-17-21(2)19-28(18-20)32(30-22(3)13-12-14-23(30)4)31(8)26(7)24(5)25(6)29(31)27-15-10-9-11-16-27/h9-19,32H,1-8H3. The van der Waals surface area contributed by atoms with Gasteiger partial charge in [-0.2, -0.15) is 0 Å². The molecule has 0 heterocycles. The lowest BCUT2D eigenvalue weighted by atomic mass is 9.90. The minimum absolute atomic E-state index is 0.00657. The van der Waals surface area contributed by atoms with Gasteiger partial charge in [-0.25, -0.2) is 0 Å². The summed E-state index contributed by atoms with van der Waals surface area (Å²) in [5.74, 6) is 0. The van der Waals surface area contributed by atoms with Crippen LogP contribution in [0.15, 0.2) is 83.4 Å². The quantitative estimate of drug-likeness (QED) is 0.393. The maximum Gasteiger partial charge on any atom is 0.118 e. The summed E-state index contributed by atoms with van der Waals surface area (Å²) in [4.78, 5) is 0. The van der Waals surface area contributed by atoms with E-state index in [1.54, 1.807) is 15.9 Å². The van der Waals surface area contributed by atoms with Crippen LogP contribution in [-0.4, -0.2) is 8.80 Å². The van der Waals surface area contributed by atoms with Crippen molar-refractivity contribution in [2.75, 3.05) is 0 Å². The predicted molar refractivity (Wildman–Crippen MR) is 144 cm³/mol. The Balaban J connectivity index is 2.11. The first kappa shape index (κ1) is 22.5. The number of rotatable bonds is 4. The summed E-state index contributed by atoms with van der Waals surface area (Å²) >= 11 is 0. The van der Waals surface area contributed by atoms with E-state index >= 15 is 0 Å². The Morgan fingerprint density at radius 2 is 1.19 bits per heavy atom. The molecule has 3 aromatic carbocycles. The third-order valence-electron chi connectivity index (χ3n) is 7.85. The van der Waals surface area contributed by atoms with E-state index in [4.69, 9.17) is 0 Å². The highest BCUT2D eigenvalue weighted by Gasteiger charge is 2.48. The molecule has 164 valence electrons. The van der Waals surface area contributed by atoms with E-state index < -0.39 is 8.80 Å². The molecule has 1 aliphatic carbocycles. The van der Waals surface area contributed by atoms with E-state index in [1.165, 1.54) is 44.5 Å². The first-order valence-electron chi connectivity index (χ1n) is 11.8. The van der Waals surface area contributed by atoms with E-state index in [-0.39, 0.29) is 5.04 Å². The second-order valence-corrected chi connectivity index (χ2v) is 13.2. The van der Waals surface area contributed by atoms with Crippen molar-refractivity contribution >= 4 is 24.7 Å². The highest BCUT2D eigenvalue weighted by atomic mass is 28.3. The Kier molecular flexibility index (Phi) is 5.90. The zero-order valence-corrected chi connectivity index (χ0v) is 22.1. The summed E-state index contributed by atoms with van der Waals surface area (Å²) in [5, 5.41) is 3.17. The fraction of sp³-hybridized carbons (Fsp3) is 0.290. The molecule has 32 heavy (non-hydrogen) atoms. The molecule has 1 heteroatoms. The molecule has 0 spiro atoms. The highest BCUT2D eigenvalue weighted by Crippen LogP contribution is 2.58. The molecule has 0 fully saturated rings. The van der Waals surface area contributed by atoms with Gasteiger partial charge in [0, 0.05) is 5.04 Å². The van der Waals surface area contributed by atoms with Crippen LogP contribution < -0.4 is 10.4 Å². The van der Waals surface area contributed by atoms with Gasteiger partial charge in [0.05, 0.1) is 0 Å². The van der Waals surface area contributed by atoms with Crippen molar-refractivity contribution in [2.45, 2.75) is 60.4 Å². The monoisotopic (exact) mass is 436 g/mol. The molecule has 2 atom stereocenters. The molecule has 4 rings (SSSR count). The molecule has 1 aliphatic rings. The average Bonchev–Trinajstić information content (AvgIpc) is 2.91. The third-order valence-corrected chi connectivity index (χ3v) is 12.2. The normalized spacial score (nSPS) is 19.6. The average molecular weight is 437 g/mol. The van der Waals surface area contributed by atoms with Crippen molar-refractivity contribution in [1.82, 2.24) is 0 Å². The molecule has 0 bridgehead atoms. The van der Waals surface area contributed by atoms with Crippen LogP contribution in [0.5, 0.6) is 0 Å². The third kappa shape index (κ3) is 3.53. The second-order valence-electron chi connectivity index (χ2n) is 9.98. The maximum absolute atomic E-state index is 2.55. The number of aryl methyl sites for hydroxylation is 4. The topological polar surface area (TPSA) is 0 Å². The zero-order valence-electron chi connectivity index (χ0n) is 20.9. The lowest BCUT2D eigenvalue weighted by molar-refractivity contribution is 0.900. The van der Waals surface area contributed by atoms with Crippen molar-refractivity contribution in [3.05, 3.63) is 111 Å². The summed E-state index contributed by atoms with van der Waals surface area (Å²) in [7, 11) is -1.73. The highest BCUT2D eigenvalue weighted by molar-refractivity contribution is 6.90. The Hall–Kier alpha value is -2.64. The first-order valence-corrected chi connectivity index (χ1v) is 13.5. The predicted octanol–water partition coefficient (Wildman–Crippen LogP) is 6.85. The molecule has 0 amide bonds. The number of benzene rings is 3. The van der Waals surface area contributed by atoms with Gasteiger partial charge in [0.1, 0.15) is 8.80 Å². The summed E-state index contributed by atoms with van der Waals surface area (Å²) in [6.45, 7) is 18.7. The number of hydrogen-bond acceptors (Lipinski definition) is 0. The van der Waals surface area contributed by atoms with Crippen LogP contribution in [0.4, 0.5) is 0 Å². The van der Waals surface area contributed by atoms with Gasteiger partial charge in [-0.3, -0.25) is 0 Å². The van der Waals surface area contributed by atoms with E-state index in [0.29, 0.717) is 0 Å². The Labute approximate surface area is 196 Å². The van der Waals surface area contributed by atoms with Gasteiger partial charge in [-0.05, 0) is 70.7 Å². The van der Waals surface area contributed by atoms with Crippen LogP contribution in [0.1, 0.15) is 55.5 Å². The van der Waals surface area contributed by atoms with Crippen LogP contribution in [0.25, 0.3) is 5.57 Å². The van der Waals surface area contributed by atoms with Gasteiger partial charge in [0.2, 0.25) is 0 Å². The summed E-state index contributed by atoms with van der Waals surface area (Å²) in [5.41, 5.74) is 13.0. The molecular weight excluding hydrogens is 400 g/mol.